The second-order valence-electron chi connectivity index (χ2n) is 5.53. The van der Waals surface area contributed by atoms with Gasteiger partial charge in [0.05, 0.1) is 17.0 Å². The fraction of sp³-hybridized carbons (Fsp3) is 0.0588. The predicted octanol–water partition coefficient (Wildman–Crippen LogP) is 2.01. The summed E-state index contributed by atoms with van der Waals surface area (Å²) < 4.78 is 1.24. The van der Waals surface area contributed by atoms with Gasteiger partial charge in [0.15, 0.2) is 5.69 Å². The zero-order valence-electron chi connectivity index (χ0n) is 12.7. The van der Waals surface area contributed by atoms with Crippen LogP contribution in [0.1, 0.15) is 37.7 Å². The summed E-state index contributed by atoms with van der Waals surface area (Å²) in [6, 6.07) is 12.7. The number of carbonyl (C=O) groups is 2. The van der Waals surface area contributed by atoms with Crippen LogP contribution in [-0.2, 0) is 6.54 Å². The molecule has 122 valence electrons. The van der Waals surface area contributed by atoms with Gasteiger partial charge in [-0.25, -0.2) is 4.68 Å². The van der Waals surface area contributed by atoms with Gasteiger partial charge < -0.3 is 0 Å². The van der Waals surface area contributed by atoms with E-state index < -0.39 is 4.92 Å². The number of nitrogens with zero attached hydrogens (tertiary/aromatic N) is 4. The lowest BCUT2D eigenvalue weighted by atomic mass is 9.90. The minimum absolute atomic E-state index is 0.0257. The number of nitro benzene ring substituents is 1. The van der Waals surface area contributed by atoms with E-state index in [2.05, 4.69) is 10.3 Å². The van der Waals surface area contributed by atoms with Gasteiger partial charge in [-0.15, -0.1) is 5.10 Å². The van der Waals surface area contributed by atoms with E-state index in [0.717, 1.165) is 0 Å². The maximum Gasteiger partial charge on any atom is 0.274 e. The molecule has 8 heteroatoms. The smallest absolute Gasteiger partial charge is 0.274 e. The van der Waals surface area contributed by atoms with Gasteiger partial charge >= 0.3 is 0 Å². The van der Waals surface area contributed by atoms with Gasteiger partial charge in [0, 0.05) is 17.2 Å². The van der Waals surface area contributed by atoms with Gasteiger partial charge in [0.1, 0.15) is 5.69 Å². The lowest BCUT2D eigenvalue weighted by molar-refractivity contribution is -0.385. The van der Waals surface area contributed by atoms with E-state index in [9.17, 15) is 19.7 Å². The standard InChI is InChI=1S/C17H10N4O4/c22-16-11-6-2-3-7-12(11)17(23)15-14(16)18-19-20(15)9-10-5-1-4-8-13(10)21(24)25/h1-8H,9H2. The molecule has 0 radical (unpaired) electrons. The highest BCUT2D eigenvalue weighted by Gasteiger charge is 2.35. The SMILES string of the molecule is O=C1c2ccccc2C(=O)c2c1nnn2Cc1ccccc1[N+](=O)[O-]. The quantitative estimate of drug-likeness (QED) is 0.419. The summed E-state index contributed by atoms with van der Waals surface area (Å²) >= 11 is 0. The second-order valence-corrected chi connectivity index (χ2v) is 5.53. The second kappa shape index (κ2) is 5.45. The minimum Gasteiger partial charge on any atom is -0.287 e. The first-order valence-electron chi connectivity index (χ1n) is 7.42. The van der Waals surface area contributed by atoms with Crippen LogP contribution in [0.5, 0.6) is 0 Å². The summed E-state index contributed by atoms with van der Waals surface area (Å²) in [7, 11) is 0. The van der Waals surface area contributed by atoms with Crippen molar-refractivity contribution >= 4 is 17.3 Å². The molecule has 1 aliphatic rings. The number of rotatable bonds is 3. The number of ketones is 2. The highest BCUT2D eigenvalue weighted by Crippen LogP contribution is 2.27. The third kappa shape index (κ3) is 2.23. The first-order valence-corrected chi connectivity index (χ1v) is 7.42. The van der Waals surface area contributed by atoms with Crippen molar-refractivity contribution in [1.29, 1.82) is 0 Å². The Morgan fingerprint density at radius 3 is 2.32 bits per heavy atom. The molecule has 2 aromatic carbocycles. The van der Waals surface area contributed by atoms with Gasteiger partial charge in [-0.2, -0.15) is 0 Å². The summed E-state index contributed by atoms with van der Waals surface area (Å²) in [5.41, 5.74) is 0.897. The molecule has 8 nitrogen and oxygen atoms in total. The normalized spacial score (nSPS) is 12.6. The van der Waals surface area contributed by atoms with Crippen LogP contribution in [0, 0.1) is 10.1 Å². The largest absolute Gasteiger partial charge is 0.287 e. The highest BCUT2D eigenvalue weighted by atomic mass is 16.6. The van der Waals surface area contributed by atoms with Crippen LogP contribution in [0.2, 0.25) is 0 Å². The van der Waals surface area contributed by atoms with Gasteiger partial charge in [0.25, 0.3) is 5.69 Å². The highest BCUT2D eigenvalue weighted by molar-refractivity contribution is 6.26. The average Bonchev–Trinajstić information content (AvgIpc) is 3.04. The molecule has 0 saturated heterocycles. The van der Waals surface area contributed by atoms with Gasteiger partial charge in [0.2, 0.25) is 11.6 Å². The first-order chi connectivity index (χ1) is 12.1. The molecule has 1 aliphatic carbocycles. The molecule has 1 heterocycles. The van der Waals surface area contributed by atoms with E-state index in [1.807, 2.05) is 0 Å². The van der Waals surface area contributed by atoms with Crippen molar-refractivity contribution in [3.05, 3.63) is 86.7 Å². The molecule has 25 heavy (non-hydrogen) atoms. The molecule has 4 rings (SSSR count). The Hall–Kier alpha value is -3.68. The molecular formula is C17H10N4O4. The molecule has 0 bridgehead atoms. The molecule has 3 aromatic rings. The Labute approximate surface area is 140 Å². The van der Waals surface area contributed by atoms with Crippen molar-refractivity contribution in [3.63, 3.8) is 0 Å². The number of benzene rings is 2. The van der Waals surface area contributed by atoms with E-state index in [1.165, 1.54) is 10.7 Å². The molecule has 0 fully saturated rings. The maximum absolute atomic E-state index is 12.8. The van der Waals surface area contributed by atoms with Crippen LogP contribution >= 0.6 is 0 Å². The van der Waals surface area contributed by atoms with E-state index in [0.29, 0.717) is 5.56 Å². The van der Waals surface area contributed by atoms with Crippen molar-refractivity contribution in [1.82, 2.24) is 15.0 Å². The van der Waals surface area contributed by atoms with E-state index >= 15 is 0 Å². The molecule has 0 unspecified atom stereocenters. The first kappa shape index (κ1) is 14.9. The summed E-state index contributed by atoms with van der Waals surface area (Å²) in [5.74, 6) is -0.743. The van der Waals surface area contributed by atoms with Gasteiger partial charge in [-0.1, -0.05) is 47.7 Å². The number of hydrogen-bond acceptors (Lipinski definition) is 6. The van der Waals surface area contributed by atoms with Crippen molar-refractivity contribution in [3.8, 4) is 0 Å². The summed E-state index contributed by atoms with van der Waals surface area (Å²) in [4.78, 5) is 35.9. The summed E-state index contributed by atoms with van der Waals surface area (Å²) in [5, 5.41) is 18.9. The van der Waals surface area contributed by atoms with Crippen molar-refractivity contribution in [2.45, 2.75) is 6.54 Å². The Morgan fingerprint density at radius 1 is 0.960 bits per heavy atom. The Balaban J connectivity index is 1.81. The third-order valence-electron chi connectivity index (χ3n) is 4.09. The molecule has 0 N–H and O–H groups in total. The zero-order valence-corrected chi connectivity index (χ0v) is 12.7. The fourth-order valence-corrected chi connectivity index (χ4v) is 2.92. The van der Waals surface area contributed by atoms with Crippen LogP contribution in [0.3, 0.4) is 0 Å². The number of para-hydroxylation sites is 1. The Morgan fingerprint density at radius 2 is 1.60 bits per heavy atom. The van der Waals surface area contributed by atoms with Crippen molar-refractivity contribution in [2.75, 3.05) is 0 Å². The van der Waals surface area contributed by atoms with Crippen molar-refractivity contribution < 1.29 is 14.5 Å². The van der Waals surface area contributed by atoms with Gasteiger partial charge in [-0.05, 0) is 0 Å². The van der Waals surface area contributed by atoms with E-state index in [4.69, 9.17) is 0 Å². The lowest BCUT2D eigenvalue weighted by Gasteiger charge is -2.14. The van der Waals surface area contributed by atoms with Crippen LogP contribution < -0.4 is 0 Å². The number of aromatic nitrogens is 3. The monoisotopic (exact) mass is 334 g/mol. The van der Waals surface area contributed by atoms with Crippen LogP contribution in [0.4, 0.5) is 5.69 Å². The number of nitro groups is 1. The summed E-state index contributed by atoms with van der Waals surface area (Å²) in [6.45, 7) is -0.0271. The van der Waals surface area contributed by atoms with Gasteiger partial charge in [-0.3, -0.25) is 19.7 Å². The Bertz CT molecular complexity index is 1050. The predicted molar refractivity (Wildman–Crippen MR) is 85.5 cm³/mol. The summed E-state index contributed by atoms with van der Waals surface area (Å²) in [6.07, 6.45) is 0. The van der Waals surface area contributed by atoms with Crippen LogP contribution in [0.15, 0.2) is 48.5 Å². The molecule has 1 aromatic heterocycles. The van der Waals surface area contributed by atoms with Crippen molar-refractivity contribution in [2.24, 2.45) is 0 Å². The molecule has 0 saturated carbocycles. The maximum atomic E-state index is 12.8. The fourth-order valence-electron chi connectivity index (χ4n) is 2.92. The molecule has 0 spiro atoms. The van der Waals surface area contributed by atoms with Crippen LogP contribution in [0.25, 0.3) is 0 Å². The topological polar surface area (TPSA) is 108 Å². The molecule has 0 amide bonds. The Kier molecular flexibility index (Phi) is 3.24. The average molecular weight is 334 g/mol. The van der Waals surface area contributed by atoms with Crippen LogP contribution in [-0.4, -0.2) is 31.5 Å². The lowest BCUT2D eigenvalue weighted by Crippen LogP contribution is -2.23. The third-order valence-corrected chi connectivity index (χ3v) is 4.09. The number of fused-ring (bicyclic) bond motifs is 2. The number of carbonyl (C=O) groups excluding carboxylic acids is 2. The molecule has 0 aliphatic heterocycles. The zero-order chi connectivity index (χ0) is 17.6. The molecular weight excluding hydrogens is 324 g/mol. The minimum atomic E-state index is -0.499. The van der Waals surface area contributed by atoms with E-state index in [-0.39, 0.29) is 46.3 Å². The molecule has 0 atom stereocenters. The number of hydrogen-bond donors (Lipinski definition) is 0. The van der Waals surface area contributed by atoms with E-state index in [1.54, 1.807) is 42.5 Å².